The Kier molecular flexibility index (Phi) is 39.4. The van der Waals surface area contributed by atoms with Gasteiger partial charge >= 0.3 is 23.9 Å². The summed E-state index contributed by atoms with van der Waals surface area (Å²) in [6.07, 6.45) is 0. The Labute approximate surface area is 357 Å². The fourth-order valence-corrected chi connectivity index (χ4v) is 4.42. The molecule has 0 saturated carbocycles. The Bertz CT molecular complexity index is 1730. The lowest BCUT2D eigenvalue weighted by atomic mass is 9.96. The van der Waals surface area contributed by atoms with Crippen LogP contribution in [0.25, 0.3) is 11.1 Å². The van der Waals surface area contributed by atoms with Gasteiger partial charge in [0.1, 0.15) is 0 Å². The van der Waals surface area contributed by atoms with Crippen LogP contribution in [-0.2, 0) is 9.47 Å². The lowest BCUT2D eigenvalue weighted by Crippen LogP contribution is -2.05. The first-order valence-corrected chi connectivity index (χ1v) is 21.3. The fourth-order valence-electron chi connectivity index (χ4n) is 4.42. The highest BCUT2D eigenvalue weighted by Crippen LogP contribution is 2.25. The van der Waals surface area contributed by atoms with E-state index >= 15 is 0 Å². The lowest BCUT2D eigenvalue weighted by Gasteiger charge is -2.03. The summed E-state index contributed by atoms with van der Waals surface area (Å²) >= 11 is 0. The van der Waals surface area contributed by atoms with Gasteiger partial charge in [-0.15, -0.1) is 0 Å². The van der Waals surface area contributed by atoms with E-state index in [0.717, 1.165) is 0 Å². The normalized spacial score (nSPS) is 9.92. The third kappa shape index (κ3) is 20.3. The number of esters is 4. The molecule has 7 nitrogen and oxygen atoms in total. The third-order valence-electron chi connectivity index (χ3n) is 6.64. The van der Waals surface area contributed by atoms with Crippen LogP contribution in [0.3, 0.4) is 0 Å². The average Bonchev–Trinajstić information content (AvgIpc) is 3.80. The van der Waals surface area contributed by atoms with Crippen molar-refractivity contribution < 1.29 is 33.4 Å². The molecule has 2 aliphatic heterocycles. The summed E-state index contributed by atoms with van der Waals surface area (Å²) in [5.74, 6) is -3.61. The smallest absolute Gasteiger partial charge is 0.346 e. The van der Waals surface area contributed by atoms with Crippen LogP contribution in [0.5, 0.6) is 0 Å². The van der Waals surface area contributed by atoms with Crippen LogP contribution in [-0.4, -0.2) is 29.7 Å². The molecule has 7 heteroatoms. The molecule has 7 rings (SSSR count). The second kappa shape index (κ2) is 38.9. The van der Waals surface area contributed by atoms with E-state index in [1.54, 1.807) is 0 Å². The SMILES string of the molecule is CC.CC.CC.CC.CC.CC.CC.CC.Cc1ccccc1.O=C(c1ccc2c(c1)C(=O)OC2=O)c1ccc2c(c1)C(=O)OC2=O.c1ccc(-c2ccccc2)cc1. The Morgan fingerprint density at radius 1 is 0.339 bits per heavy atom. The number of ether oxygens (including phenoxy) is 2. The molecule has 2 aliphatic rings. The average molecular weight is 809 g/mol. The highest BCUT2D eigenvalue weighted by atomic mass is 16.6. The van der Waals surface area contributed by atoms with E-state index in [2.05, 4.69) is 77.1 Å². The number of hydrogen-bond donors (Lipinski definition) is 0. The van der Waals surface area contributed by atoms with Gasteiger partial charge in [-0.1, -0.05) is 219 Å². The molecule has 0 amide bonds. The van der Waals surface area contributed by atoms with Gasteiger partial charge in [-0.2, -0.15) is 0 Å². The van der Waals surface area contributed by atoms with Crippen molar-refractivity contribution in [3.8, 4) is 11.1 Å². The van der Waals surface area contributed by atoms with Gasteiger partial charge in [0, 0.05) is 11.1 Å². The molecule has 0 saturated heterocycles. The first-order valence-electron chi connectivity index (χ1n) is 21.3. The van der Waals surface area contributed by atoms with Gasteiger partial charge in [0.2, 0.25) is 0 Å². The maximum Gasteiger partial charge on any atom is 0.346 e. The molecule has 0 atom stereocenters. The van der Waals surface area contributed by atoms with E-state index in [9.17, 15) is 24.0 Å². The number of aryl methyl sites for hydroxylation is 1. The van der Waals surface area contributed by atoms with Crippen molar-refractivity contribution in [1.82, 2.24) is 0 Å². The molecule has 0 fully saturated rings. The van der Waals surface area contributed by atoms with E-state index in [0.29, 0.717) is 0 Å². The minimum absolute atomic E-state index is 0.0154. The van der Waals surface area contributed by atoms with Crippen LogP contribution < -0.4 is 0 Å². The summed E-state index contributed by atoms with van der Waals surface area (Å²) < 4.78 is 8.94. The minimum Gasteiger partial charge on any atom is -0.386 e. The molecule has 5 aromatic carbocycles. The van der Waals surface area contributed by atoms with Crippen molar-refractivity contribution in [1.29, 1.82) is 0 Å². The largest absolute Gasteiger partial charge is 0.386 e. The number of carbonyl (C=O) groups is 5. The minimum atomic E-state index is -0.812. The number of carbonyl (C=O) groups excluding carboxylic acids is 5. The molecule has 59 heavy (non-hydrogen) atoms. The highest BCUT2D eigenvalue weighted by molar-refractivity contribution is 6.19. The number of fused-ring (bicyclic) bond motifs is 2. The number of hydrogen-bond acceptors (Lipinski definition) is 7. The highest BCUT2D eigenvalue weighted by Gasteiger charge is 2.32. The summed E-state index contributed by atoms with van der Waals surface area (Å²) in [6.45, 7) is 34.1. The number of ketones is 1. The van der Waals surface area contributed by atoms with Crippen molar-refractivity contribution in [3.63, 3.8) is 0 Å². The first kappa shape index (κ1) is 59.7. The van der Waals surface area contributed by atoms with Crippen LogP contribution in [0.15, 0.2) is 127 Å². The molecule has 0 aliphatic carbocycles. The number of benzene rings is 5. The maximum atomic E-state index is 12.5. The molecule has 0 radical (unpaired) electrons. The molecule has 0 N–H and O–H groups in total. The zero-order valence-electron chi connectivity index (χ0n) is 39.0. The van der Waals surface area contributed by atoms with E-state index in [4.69, 9.17) is 0 Å². The van der Waals surface area contributed by atoms with Crippen molar-refractivity contribution >= 4 is 29.7 Å². The summed E-state index contributed by atoms with van der Waals surface area (Å²) in [7, 11) is 0. The summed E-state index contributed by atoms with van der Waals surface area (Å²) in [6, 6.07) is 39.0. The van der Waals surface area contributed by atoms with Crippen molar-refractivity contribution in [3.05, 3.63) is 166 Å². The Morgan fingerprint density at radius 3 is 0.847 bits per heavy atom. The molecule has 322 valence electrons. The predicted molar refractivity (Wildman–Crippen MR) is 250 cm³/mol. The van der Waals surface area contributed by atoms with Gasteiger partial charge in [0.25, 0.3) is 0 Å². The van der Waals surface area contributed by atoms with Gasteiger partial charge in [-0.25, -0.2) is 19.2 Å². The van der Waals surface area contributed by atoms with Crippen LogP contribution in [0.2, 0.25) is 0 Å². The second-order valence-corrected chi connectivity index (χ2v) is 9.59. The quantitative estimate of drug-likeness (QED) is 0.102. The maximum absolute atomic E-state index is 12.5. The Hall–Kier alpha value is -5.95. The molecule has 0 unspecified atom stereocenters. The van der Waals surface area contributed by atoms with E-state index in [1.807, 2.05) is 141 Å². The van der Waals surface area contributed by atoms with Crippen LogP contribution in [0, 0.1) is 6.92 Å². The van der Waals surface area contributed by atoms with Crippen LogP contribution in [0.4, 0.5) is 0 Å². The zero-order valence-corrected chi connectivity index (χ0v) is 39.0. The van der Waals surface area contributed by atoms with E-state index in [-0.39, 0.29) is 33.4 Å². The molecule has 0 aromatic heterocycles. The van der Waals surface area contributed by atoms with Gasteiger partial charge in [-0.3, -0.25) is 4.79 Å². The Morgan fingerprint density at radius 2 is 0.593 bits per heavy atom. The van der Waals surface area contributed by atoms with Gasteiger partial charge in [0.05, 0.1) is 22.3 Å². The number of rotatable bonds is 3. The first-order chi connectivity index (χ1) is 28.8. The third-order valence-corrected chi connectivity index (χ3v) is 6.64. The summed E-state index contributed by atoms with van der Waals surface area (Å²) in [5, 5.41) is 0. The van der Waals surface area contributed by atoms with Gasteiger partial charge in [0.15, 0.2) is 5.78 Å². The van der Waals surface area contributed by atoms with Crippen molar-refractivity contribution in [2.75, 3.05) is 0 Å². The van der Waals surface area contributed by atoms with E-state index < -0.39 is 29.7 Å². The zero-order chi connectivity index (χ0) is 46.3. The van der Waals surface area contributed by atoms with Crippen LogP contribution >= 0.6 is 0 Å². The molecular weight excluding hydrogens is 737 g/mol. The summed E-state index contributed by atoms with van der Waals surface area (Å²) in [4.78, 5) is 58.5. The molecule has 0 spiro atoms. The predicted octanol–water partition coefficient (Wildman–Crippen LogP) is 15.1. The second-order valence-electron chi connectivity index (χ2n) is 9.59. The topological polar surface area (TPSA) is 104 Å². The molecule has 0 bridgehead atoms. The monoisotopic (exact) mass is 809 g/mol. The van der Waals surface area contributed by atoms with Crippen molar-refractivity contribution in [2.45, 2.75) is 118 Å². The summed E-state index contributed by atoms with van der Waals surface area (Å²) in [5.41, 5.74) is 4.40. The van der Waals surface area contributed by atoms with Gasteiger partial charge in [-0.05, 0) is 42.3 Å². The molecule has 5 aromatic rings. The molecular formula is C52H72O7. The van der Waals surface area contributed by atoms with Crippen molar-refractivity contribution in [2.24, 2.45) is 0 Å². The number of cyclic esters (lactones) is 4. The van der Waals surface area contributed by atoms with Crippen LogP contribution in [0.1, 0.15) is 174 Å². The standard InChI is InChI=1S/C17H6O7.C12H10.C7H8.8C2H6/c18-13(7-1-3-9-11(5-7)16(21)23-14(9)19)8-2-4-10-12(6-8)17(22)24-15(10)20;1-3-7-11(8-4-1)12-9-5-2-6-10-12;1-7-5-3-2-4-6-7;8*1-2/h1-6H;1-10H;2-6H,1H3;8*1-2H3. The fraction of sp³-hybridized carbons (Fsp3) is 0.327. The lowest BCUT2D eigenvalue weighted by molar-refractivity contribution is 0.0425. The molecule has 2 heterocycles. The van der Waals surface area contributed by atoms with E-state index in [1.165, 1.54) is 53.1 Å². The Balaban J connectivity index is -0.000000364. The van der Waals surface area contributed by atoms with Gasteiger partial charge < -0.3 is 9.47 Å².